The molecule has 6 atom stereocenters. The summed E-state index contributed by atoms with van der Waals surface area (Å²) in [6.07, 6.45) is -3.25. The molecular weight excluding hydrogens is 398 g/mol. The van der Waals surface area contributed by atoms with Crippen molar-refractivity contribution in [3.63, 3.8) is 0 Å². The molecule has 3 aliphatic rings. The van der Waals surface area contributed by atoms with Crippen molar-refractivity contribution in [1.82, 2.24) is 19.5 Å². The molecule has 0 spiro atoms. The second kappa shape index (κ2) is 6.45. The van der Waals surface area contributed by atoms with Gasteiger partial charge in [-0.3, -0.25) is 14.3 Å². The number of H-pyrrole nitrogens is 1. The summed E-state index contributed by atoms with van der Waals surface area (Å²) in [7, 11) is 0. The van der Waals surface area contributed by atoms with E-state index in [0.717, 1.165) is 0 Å². The molecule has 5 rings (SSSR count). The number of fused-ring (bicyclic) bond motifs is 4. The first-order valence-electron chi connectivity index (χ1n) is 9.78. The van der Waals surface area contributed by atoms with Crippen molar-refractivity contribution in [3.05, 3.63) is 16.7 Å². The van der Waals surface area contributed by atoms with E-state index in [2.05, 4.69) is 15.0 Å². The van der Waals surface area contributed by atoms with Crippen molar-refractivity contribution < 1.29 is 28.8 Å². The molecule has 164 valence electrons. The molecule has 0 radical (unpaired) electrons. The molecule has 4 N–H and O–H groups in total. The highest BCUT2D eigenvalue weighted by Gasteiger charge is 2.58. The lowest BCUT2D eigenvalue weighted by Gasteiger charge is -2.42. The number of ether oxygens (including phenoxy) is 5. The summed E-state index contributed by atoms with van der Waals surface area (Å²) in [6.45, 7) is 7.38. The predicted molar refractivity (Wildman–Crippen MR) is 101 cm³/mol. The molecule has 3 unspecified atom stereocenters. The van der Waals surface area contributed by atoms with E-state index in [1.54, 1.807) is 27.7 Å². The monoisotopic (exact) mass is 423 g/mol. The summed E-state index contributed by atoms with van der Waals surface area (Å²) in [5.41, 5.74) is 5.49. The first kappa shape index (κ1) is 19.8. The van der Waals surface area contributed by atoms with Crippen molar-refractivity contribution in [2.45, 2.75) is 76.0 Å². The highest BCUT2D eigenvalue weighted by molar-refractivity contribution is 5.70. The minimum atomic E-state index is -1.17. The number of aliphatic hydroxyl groups excluding tert-OH is 1. The zero-order valence-corrected chi connectivity index (χ0v) is 17.1. The van der Waals surface area contributed by atoms with Crippen LogP contribution in [0.15, 0.2) is 11.1 Å². The first-order chi connectivity index (χ1) is 14.0. The third kappa shape index (κ3) is 3.11. The third-order valence-corrected chi connectivity index (χ3v) is 5.54. The Bertz CT molecular complexity index is 1030. The molecule has 3 fully saturated rings. The summed E-state index contributed by atoms with van der Waals surface area (Å²) in [5, 5.41) is 11.3. The molecule has 0 aliphatic carbocycles. The van der Waals surface area contributed by atoms with Gasteiger partial charge in [-0.15, -0.1) is 0 Å². The lowest BCUT2D eigenvalue weighted by Crippen LogP contribution is -2.55. The first-order valence-corrected chi connectivity index (χ1v) is 9.78. The number of nitrogens with zero attached hydrogens (tertiary/aromatic N) is 3. The van der Waals surface area contributed by atoms with Crippen LogP contribution in [-0.4, -0.2) is 73.3 Å². The molecule has 12 nitrogen and oxygen atoms in total. The lowest BCUT2D eigenvalue weighted by molar-refractivity contribution is -0.332. The van der Waals surface area contributed by atoms with Gasteiger partial charge in [-0.1, -0.05) is 0 Å². The summed E-state index contributed by atoms with van der Waals surface area (Å²) in [6, 6.07) is 0. The van der Waals surface area contributed by atoms with E-state index in [1.165, 1.54) is 10.9 Å². The van der Waals surface area contributed by atoms with Crippen LogP contribution >= 0.6 is 0 Å². The molecule has 0 bridgehead atoms. The van der Waals surface area contributed by atoms with Gasteiger partial charge in [-0.25, -0.2) is 4.98 Å². The van der Waals surface area contributed by atoms with Crippen LogP contribution in [0.5, 0.6) is 0 Å². The van der Waals surface area contributed by atoms with Crippen molar-refractivity contribution in [2.75, 3.05) is 12.3 Å². The van der Waals surface area contributed by atoms with Crippen molar-refractivity contribution in [2.24, 2.45) is 0 Å². The second-order valence-electron chi connectivity index (χ2n) is 8.69. The number of aromatic amines is 1. The molecule has 30 heavy (non-hydrogen) atoms. The quantitative estimate of drug-likeness (QED) is 0.553. The Balaban J connectivity index is 1.60. The number of rotatable bonds is 1. The summed E-state index contributed by atoms with van der Waals surface area (Å²) >= 11 is 0. The van der Waals surface area contributed by atoms with Gasteiger partial charge in [0.05, 0.1) is 12.9 Å². The van der Waals surface area contributed by atoms with Crippen molar-refractivity contribution >= 4 is 17.1 Å². The second-order valence-corrected chi connectivity index (χ2v) is 8.69. The normalized spacial score (nSPS) is 37.5. The SMILES string of the molecule is CC1(C)OC2C(O)[C@H](n3cnc4c(=O)[nH]c(N)nc43)OC3COC(C)(C)O[C@@H]3[C@@H]2O1. The van der Waals surface area contributed by atoms with E-state index in [0.29, 0.717) is 0 Å². The predicted octanol–water partition coefficient (Wildman–Crippen LogP) is -0.368. The number of nitrogen functional groups attached to an aromatic ring is 1. The van der Waals surface area contributed by atoms with Crippen molar-refractivity contribution in [1.29, 1.82) is 0 Å². The molecule has 2 aromatic heterocycles. The van der Waals surface area contributed by atoms with Crippen LogP contribution in [0.25, 0.3) is 11.2 Å². The van der Waals surface area contributed by atoms with Gasteiger partial charge in [-0.05, 0) is 27.7 Å². The molecule has 12 heteroatoms. The van der Waals surface area contributed by atoms with Gasteiger partial charge in [0.25, 0.3) is 5.56 Å². The number of hydrogen-bond donors (Lipinski definition) is 3. The Labute approximate surface area is 171 Å². The van der Waals surface area contributed by atoms with Crippen LogP contribution in [0.3, 0.4) is 0 Å². The van der Waals surface area contributed by atoms with Crippen molar-refractivity contribution in [3.8, 4) is 0 Å². The number of imidazole rings is 1. The Hall–Kier alpha value is -2.09. The number of nitrogens with one attached hydrogen (secondary N) is 1. The number of aromatic nitrogens is 4. The van der Waals surface area contributed by atoms with Crippen LogP contribution in [0, 0.1) is 0 Å². The largest absolute Gasteiger partial charge is 0.386 e. The van der Waals surface area contributed by atoms with Gasteiger partial charge >= 0.3 is 0 Å². The summed E-state index contributed by atoms with van der Waals surface area (Å²) in [5.74, 6) is -1.84. The highest BCUT2D eigenvalue weighted by atomic mass is 16.8. The van der Waals surface area contributed by atoms with Crippen LogP contribution in [0.2, 0.25) is 0 Å². The fourth-order valence-corrected chi connectivity index (χ4v) is 4.33. The maximum Gasteiger partial charge on any atom is 0.280 e. The Morgan fingerprint density at radius 1 is 1.17 bits per heavy atom. The third-order valence-electron chi connectivity index (χ3n) is 5.54. The molecule has 0 amide bonds. The zero-order chi connectivity index (χ0) is 21.4. The van der Waals surface area contributed by atoms with E-state index in [4.69, 9.17) is 29.4 Å². The van der Waals surface area contributed by atoms with Gasteiger partial charge in [0.2, 0.25) is 5.95 Å². The number of nitrogens with two attached hydrogens (primary N) is 1. The topological polar surface area (TPSA) is 156 Å². The molecule has 5 heterocycles. The minimum Gasteiger partial charge on any atom is -0.386 e. The number of anilines is 1. The standard InChI is InChI=1S/C18H25N5O7/c1-17(2)26-5-7-10(28-17)12-11(29-18(3,4)30-12)9(24)15(27-7)23-6-20-8-13(23)21-16(19)22-14(8)25/h6-7,9-12,15,24H,5H2,1-4H3,(H3,19,21,22,25)/t7?,9?,10-,11?,12-,15+/m0/s1. The maximum absolute atomic E-state index is 12.2. The number of hydrogen-bond acceptors (Lipinski definition) is 10. The molecule has 3 aliphatic heterocycles. The van der Waals surface area contributed by atoms with E-state index in [9.17, 15) is 9.90 Å². The van der Waals surface area contributed by atoms with E-state index in [-0.39, 0.29) is 23.7 Å². The Morgan fingerprint density at radius 3 is 2.63 bits per heavy atom. The number of aliphatic hydroxyl groups is 1. The van der Waals surface area contributed by atoms with Gasteiger partial charge in [0.15, 0.2) is 29.0 Å². The fourth-order valence-electron chi connectivity index (χ4n) is 4.33. The van der Waals surface area contributed by atoms with Gasteiger partial charge in [0, 0.05) is 0 Å². The molecule has 0 aromatic carbocycles. The fraction of sp³-hybridized carbons (Fsp3) is 0.722. The molecule has 3 saturated heterocycles. The molecular formula is C18H25N5O7. The Morgan fingerprint density at radius 2 is 1.87 bits per heavy atom. The van der Waals surface area contributed by atoms with Crippen LogP contribution in [0.4, 0.5) is 5.95 Å². The zero-order valence-electron chi connectivity index (χ0n) is 17.1. The van der Waals surface area contributed by atoms with Crippen LogP contribution in [0.1, 0.15) is 33.9 Å². The average molecular weight is 423 g/mol. The molecule has 2 aromatic rings. The average Bonchev–Trinajstić information content (AvgIpc) is 3.18. The highest BCUT2D eigenvalue weighted by Crippen LogP contribution is 2.43. The van der Waals surface area contributed by atoms with Gasteiger partial charge < -0.3 is 34.5 Å². The van der Waals surface area contributed by atoms with Gasteiger partial charge in [0.1, 0.15) is 30.5 Å². The van der Waals surface area contributed by atoms with E-state index < -0.39 is 53.9 Å². The van der Waals surface area contributed by atoms with E-state index >= 15 is 0 Å². The summed E-state index contributed by atoms with van der Waals surface area (Å²) in [4.78, 5) is 22.9. The smallest absolute Gasteiger partial charge is 0.280 e. The maximum atomic E-state index is 12.2. The lowest BCUT2D eigenvalue weighted by atomic mass is 9.99. The van der Waals surface area contributed by atoms with E-state index in [1.807, 2.05) is 0 Å². The van der Waals surface area contributed by atoms with Crippen LogP contribution < -0.4 is 11.3 Å². The summed E-state index contributed by atoms with van der Waals surface area (Å²) < 4.78 is 31.7. The Kier molecular flexibility index (Phi) is 4.27. The van der Waals surface area contributed by atoms with Crippen LogP contribution in [-0.2, 0) is 23.7 Å². The minimum absolute atomic E-state index is 0.0687. The molecule has 0 saturated carbocycles. The van der Waals surface area contributed by atoms with Gasteiger partial charge in [-0.2, -0.15) is 4.98 Å².